The Labute approximate surface area is 132 Å². The third kappa shape index (κ3) is 4.23. The van der Waals surface area contributed by atoms with Crippen LogP contribution in [-0.4, -0.2) is 13.1 Å². The van der Waals surface area contributed by atoms with Crippen LogP contribution in [-0.2, 0) is 22.6 Å². The number of carbonyl (C=O) groups is 1. The molecule has 0 fully saturated rings. The number of hydrogen-bond acceptors (Lipinski definition) is 3. The van der Waals surface area contributed by atoms with Crippen LogP contribution in [0.15, 0.2) is 48.5 Å². The van der Waals surface area contributed by atoms with Crippen LogP contribution < -0.4 is 4.74 Å². The van der Waals surface area contributed by atoms with Crippen molar-refractivity contribution >= 4 is 28.6 Å². The van der Waals surface area contributed by atoms with Gasteiger partial charge in [-0.05, 0) is 51.9 Å². The van der Waals surface area contributed by atoms with Gasteiger partial charge >= 0.3 is 5.97 Å². The van der Waals surface area contributed by atoms with Crippen molar-refractivity contribution in [3.8, 4) is 5.75 Å². The average molecular weight is 382 g/mol. The summed E-state index contributed by atoms with van der Waals surface area (Å²) in [4.78, 5) is 11.3. The summed E-state index contributed by atoms with van der Waals surface area (Å²) in [5, 5.41) is 0. The number of ether oxygens (including phenoxy) is 2. The van der Waals surface area contributed by atoms with Gasteiger partial charge in [0.1, 0.15) is 12.4 Å². The maximum atomic E-state index is 11.3. The van der Waals surface area contributed by atoms with E-state index in [1.54, 1.807) is 0 Å². The van der Waals surface area contributed by atoms with Crippen molar-refractivity contribution < 1.29 is 14.3 Å². The van der Waals surface area contributed by atoms with E-state index in [0.717, 1.165) is 20.4 Å². The molecule has 104 valence electrons. The second-order valence-corrected chi connectivity index (χ2v) is 5.44. The highest BCUT2D eigenvalue weighted by molar-refractivity contribution is 14.1. The van der Waals surface area contributed by atoms with E-state index in [2.05, 4.69) is 27.3 Å². The number of rotatable bonds is 5. The molecule has 20 heavy (non-hydrogen) atoms. The molecule has 0 spiro atoms. The largest absolute Gasteiger partial charge is 0.489 e. The predicted molar refractivity (Wildman–Crippen MR) is 85.7 cm³/mol. The number of para-hydroxylation sites is 1. The first kappa shape index (κ1) is 14.8. The zero-order valence-electron chi connectivity index (χ0n) is 11.1. The summed E-state index contributed by atoms with van der Waals surface area (Å²) in [5.41, 5.74) is 2.05. The van der Waals surface area contributed by atoms with Crippen LogP contribution in [0.3, 0.4) is 0 Å². The molecule has 0 saturated carbocycles. The first-order valence-corrected chi connectivity index (χ1v) is 7.29. The van der Waals surface area contributed by atoms with Crippen LogP contribution in [0, 0.1) is 3.57 Å². The van der Waals surface area contributed by atoms with E-state index in [1.165, 1.54) is 7.11 Å². The highest BCUT2D eigenvalue weighted by atomic mass is 127. The lowest BCUT2D eigenvalue weighted by Gasteiger charge is -2.09. The van der Waals surface area contributed by atoms with Gasteiger partial charge in [-0.15, -0.1) is 0 Å². The second-order valence-electron chi connectivity index (χ2n) is 4.28. The van der Waals surface area contributed by atoms with Crippen LogP contribution in [0.5, 0.6) is 5.75 Å². The second kappa shape index (κ2) is 7.28. The highest BCUT2D eigenvalue weighted by Crippen LogP contribution is 2.18. The van der Waals surface area contributed by atoms with Gasteiger partial charge in [-0.3, -0.25) is 4.79 Å². The number of benzene rings is 2. The monoisotopic (exact) mass is 382 g/mol. The van der Waals surface area contributed by atoms with Gasteiger partial charge in [0.05, 0.1) is 13.5 Å². The molecule has 0 N–H and O–H groups in total. The molecule has 0 aliphatic heterocycles. The summed E-state index contributed by atoms with van der Waals surface area (Å²) in [6.45, 7) is 0.512. The molecule has 0 aliphatic carbocycles. The Morgan fingerprint density at radius 2 is 1.90 bits per heavy atom. The Balaban J connectivity index is 2.00. The number of methoxy groups -OCH3 is 1. The normalized spacial score (nSPS) is 10.1. The van der Waals surface area contributed by atoms with Crippen molar-refractivity contribution in [3.63, 3.8) is 0 Å². The number of carbonyl (C=O) groups excluding carboxylic acids is 1. The molecule has 0 radical (unpaired) electrons. The van der Waals surface area contributed by atoms with Crippen molar-refractivity contribution in [1.82, 2.24) is 0 Å². The third-order valence-electron chi connectivity index (χ3n) is 2.83. The Bertz CT molecular complexity index is 582. The Morgan fingerprint density at radius 3 is 2.55 bits per heavy atom. The SMILES string of the molecule is COC(=O)Cc1ccc(COc2ccccc2)cc1I. The zero-order chi connectivity index (χ0) is 14.4. The molecule has 0 unspecified atom stereocenters. The molecule has 2 aromatic rings. The molecule has 3 nitrogen and oxygen atoms in total. The molecule has 0 heterocycles. The first-order valence-electron chi connectivity index (χ1n) is 6.21. The van der Waals surface area contributed by atoms with Gasteiger partial charge in [0, 0.05) is 3.57 Å². The van der Waals surface area contributed by atoms with Crippen molar-refractivity contribution in [2.45, 2.75) is 13.0 Å². The maximum absolute atomic E-state index is 11.3. The van der Waals surface area contributed by atoms with Crippen LogP contribution >= 0.6 is 22.6 Å². The summed E-state index contributed by atoms with van der Waals surface area (Å²) >= 11 is 2.23. The molecule has 0 amide bonds. The summed E-state index contributed by atoms with van der Waals surface area (Å²) < 4.78 is 11.4. The van der Waals surface area contributed by atoms with Crippen molar-refractivity contribution in [2.24, 2.45) is 0 Å². The lowest BCUT2D eigenvalue weighted by molar-refractivity contribution is -0.139. The van der Waals surface area contributed by atoms with Crippen LogP contribution in [0.4, 0.5) is 0 Å². The molecular weight excluding hydrogens is 367 g/mol. The van der Waals surface area contributed by atoms with E-state index in [-0.39, 0.29) is 5.97 Å². The zero-order valence-corrected chi connectivity index (χ0v) is 13.3. The molecular formula is C16H15IO3. The minimum atomic E-state index is -0.226. The first-order chi connectivity index (χ1) is 9.69. The maximum Gasteiger partial charge on any atom is 0.310 e. The fraction of sp³-hybridized carbons (Fsp3) is 0.188. The summed E-state index contributed by atoms with van der Waals surface area (Å²) in [5.74, 6) is 0.623. The molecule has 0 saturated heterocycles. The summed E-state index contributed by atoms with van der Waals surface area (Å²) in [6, 6.07) is 15.6. The van der Waals surface area contributed by atoms with Gasteiger partial charge in [-0.1, -0.05) is 30.3 Å². The van der Waals surface area contributed by atoms with Crippen LogP contribution in [0.1, 0.15) is 11.1 Å². The van der Waals surface area contributed by atoms with E-state index in [9.17, 15) is 4.79 Å². The third-order valence-corrected chi connectivity index (χ3v) is 3.83. The van der Waals surface area contributed by atoms with Crippen LogP contribution in [0.25, 0.3) is 0 Å². The number of halogens is 1. The minimum absolute atomic E-state index is 0.226. The lowest BCUT2D eigenvalue weighted by Crippen LogP contribution is -2.06. The van der Waals surface area contributed by atoms with Gasteiger partial charge in [0.15, 0.2) is 0 Å². The van der Waals surface area contributed by atoms with E-state index < -0.39 is 0 Å². The number of esters is 1. The Kier molecular flexibility index (Phi) is 5.40. The van der Waals surface area contributed by atoms with E-state index >= 15 is 0 Å². The highest BCUT2D eigenvalue weighted by Gasteiger charge is 2.07. The van der Waals surface area contributed by atoms with E-state index in [1.807, 2.05) is 48.5 Å². The fourth-order valence-electron chi connectivity index (χ4n) is 1.74. The Hall–Kier alpha value is -1.56. The minimum Gasteiger partial charge on any atom is -0.489 e. The molecule has 2 rings (SSSR count). The topological polar surface area (TPSA) is 35.5 Å². The molecule has 0 atom stereocenters. The molecule has 4 heteroatoms. The van der Waals surface area contributed by atoms with Gasteiger partial charge in [-0.2, -0.15) is 0 Å². The van der Waals surface area contributed by atoms with E-state index in [0.29, 0.717) is 13.0 Å². The molecule has 0 bridgehead atoms. The number of hydrogen-bond donors (Lipinski definition) is 0. The Morgan fingerprint density at radius 1 is 1.15 bits per heavy atom. The smallest absolute Gasteiger partial charge is 0.310 e. The van der Waals surface area contributed by atoms with Gasteiger partial charge in [-0.25, -0.2) is 0 Å². The lowest BCUT2D eigenvalue weighted by atomic mass is 10.1. The van der Waals surface area contributed by atoms with Crippen molar-refractivity contribution in [3.05, 3.63) is 63.2 Å². The van der Waals surface area contributed by atoms with Crippen molar-refractivity contribution in [2.75, 3.05) is 7.11 Å². The van der Waals surface area contributed by atoms with Crippen molar-refractivity contribution in [1.29, 1.82) is 0 Å². The quantitative estimate of drug-likeness (QED) is 0.586. The average Bonchev–Trinajstić information content (AvgIpc) is 2.48. The molecule has 0 aromatic heterocycles. The van der Waals surface area contributed by atoms with Gasteiger partial charge in [0.2, 0.25) is 0 Å². The predicted octanol–water partition coefficient (Wildman–Crippen LogP) is 3.59. The van der Waals surface area contributed by atoms with E-state index in [4.69, 9.17) is 4.74 Å². The van der Waals surface area contributed by atoms with Gasteiger partial charge < -0.3 is 9.47 Å². The molecule has 0 aliphatic rings. The fourth-order valence-corrected chi connectivity index (χ4v) is 2.51. The van der Waals surface area contributed by atoms with Crippen LogP contribution in [0.2, 0.25) is 0 Å². The summed E-state index contributed by atoms with van der Waals surface area (Å²) in [7, 11) is 1.40. The standard InChI is InChI=1S/C16H15IO3/c1-19-16(18)10-13-8-7-12(9-15(13)17)11-20-14-5-3-2-4-6-14/h2-9H,10-11H2,1H3. The van der Waals surface area contributed by atoms with Gasteiger partial charge in [0.25, 0.3) is 0 Å². The summed E-state index contributed by atoms with van der Waals surface area (Å²) in [6.07, 6.45) is 0.300. The molecule has 2 aromatic carbocycles.